The predicted octanol–water partition coefficient (Wildman–Crippen LogP) is 0.959. The number of amidine groups is 1. The van der Waals surface area contributed by atoms with Gasteiger partial charge in [-0.15, -0.1) is 6.58 Å². The lowest BCUT2D eigenvalue weighted by molar-refractivity contribution is 1.20. The maximum atomic E-state index is 7.07. The number of nitrogens with one attached hydrogen (secondary N) is 1. The molecular formula is C7H13N3. The first-order chi connectivity index (χ1) is 4.66. The van der Waals surface area contributed by atoms with E-state index in [2.05, 4.69) is 11.6 Å². The molecule has 0 saturated carbocycles. The monoisotopic (exact) mass is 139 g/mol. The van der Waals surface area contributed by atoms with Crippen LogP contribution in [0.4, 0.5) is 0 Å². The third-order valence-corrected chi connectivity index (χ3v) is 0.870. The number of rotatable bonds is 4. The van der Waals surface area contributed by atoms with Crippen LogP contribution in [0.15, 0.2) is 17.6 Å². The second-order valence-corrected chi connectivity index (χ2v) is 2.08. The van der Waals surface area contributed by atoms with E-state index in [-0.39, 0.29) is 0 Å². The lowest BCUT2D eigenvalue weighted by Gasteiger charge is -1.95. The molecule has 0 aromatic carbocycles. The molecular weight excluding hydrogens is 126 g/mol. The van der Waals surface area contributed by atoms with E-state index in [0.717, 1.165) is 0 Å². The molecule has 0 aliphatic carbocycles. The summed E-state index contributed by atoms with van der Waals surface area (Å²) in [5.74, 6) is 0.507. The molecule has 10 heavy (non-hydrogen) atoms. The van der Waals surface area contributed by atoms with Gasteiger partial charge in [-0.25, -0.2) is 0 Å². The average Bonchev–Trinajstić information content (AvgIpc) is 1.82. The Morgan fingerprint density at radius 3 is 2.80 bits per heavy atom. The molecule has 0 aliphatic heterocycles. The van der Waals surface area contributed by atoms with Crippen molar-refractivity contribution in [2.75, 3.05) is 6.54 Å². The quantitative estimate of drug-likeness (QED) is 0.340. The van der Waals surface area contributed by atoms with E-state index in [1.807, 2.05) is 0 Å². The van der Waals surface area contributed by atoms with Gasteiger partial charge in [-0.2, -0.15) is 0 Å². The van der Waals surface area contributed by atoms with Gasteiger partial charge in [0.15, 0.2) is 0 Å². The van der Waals surface area contributed by atoms with E-state index in [0.29, 0.717) is 24.5 Å². The van der Waals surface area contributed by atoms with E-state index in [4.69, 9.17) is 11.1 Å². The Kier molecular flexibility index (Phi) is 4.20. The number of hydrogen-bond acceptors (Lipinski definition) is 2. The number of nitrogens with two attached hydrogens (primary N) is 1. The van der Waals surface area contributed by atoms with Gasteiger partial charge in [-0.3, -0.25) is 4.99 Å². The fourth-order valence-electron chi connectivity index (χ4n) is 0.509. The molecule has 3 nitrogen and oxygen atoms in total. The summed E-state index contributed by atoms with van der Waals surface area (Å²) in [6.45, 7) is 5.74. The summed E-state index contributed by atoms with van der Waals surface area (Å²) in [4.78, 5) is 3.92. The normalized spacial score (nSPS) is 11.1. The Hall–Kier alpha value is -1.12. The highest BCUT2D eigenvalue weighted by Crippen LogP contribution is 1.83. The second-order valence-electron chi connectivity index (χ2n) is 2.08. The second kappa shape index (κ2) is 4.73. The zero-order valence-corrected chi connectivity index (χ0v) is 6.22. The molecule has 0 atom stereocenters. The molecule has 0 amide bonds. The fourth-order valence-corrected chi connectivity index (χ4v) is 0.509. The van der Waals surface area contributed by atoms with Crippen LogP contribution in [0.5, 0.6) is 0 Å². The van der Waals surface area contributed by atoms with Crippen molar-refractivity contribution >= 4 is 11.5 Å². The largest absolute Gasteiger partial charge is 0.387 e. The average molecular weight is 139 g/mol. The van der Waals surface area contributed by atoms with E-state index in [1.165, 1.54) is 0 Å². The Bertz CT molecular complexity index is 158. The molecule has 0 spiro atoms. The maximum Gasteiger partial charge on any atom is 0.0997 e. The number of hydrogen-bond donors (Lipinski definition) is 2. The lowest BCUT2D eigenvalue weighted by Crippen LogP contribution is -2.15. The van der Waals surface area contributed by atoms with Crippen molar-refractivity contribution in [1.82, 2.24) is 0 Å². The number of nitrogens with zero attached hydrogens (tertiary/aromatic N) is 1. The van der Waals surface area contributed by atoms with Crippen LogP contribution >= 0.6 is 0 Å². The molecule has 0 rings (SSSR count). The van der Waals surface area contributed by atoms with E-state index >= 15 is 0 Å². The van der Waals surface area contributed by atoms with Crippen molar-refractivity contribution < 1.29 is 0 Å². The maximum absolute atomic E-state index is 7.07. The minimum absolute atomic E-state index is 0.466. The van der Waals surface area contributed by atoms with Crippen molar-refractivity contribution in [3.8, 4) is 0 Å². The van der Waals surface area contributed by atoms with Crippen LogP contribution in [-0.2, 0) is 0 Å². The molecule has 0 radical (unpaired) electrons. The molecule has 3 heteroatoms. The topological polar surface area (TPSA) is 62.2 Å². The highest BCUT2D eigenvalue weighted by molar-refractivity contribution is 6.00. The van der Waals surface area contributed by atoms with Crippen LogP contribution in [0.3, 0.4) is 0 Å². The predicted molar refractivity (Wildman–Crippen MR) is 44.7 cm³/mol. The van der Waals surface area contributed by atoms with Crippen molar-refractivity contribution in [3.63, 3.8) is 0 Å². The van der Waals surface area contributed by atoms with E-state index < -0.39 is 0 Å². The smallest absolute Gasteiger partial charge is 0.0997 e. The van der Waals surface area contributed by atoms with Crippen molar-refractivity contribution in [2.24, 2.45) is 10.7 Å². The van der Waals surface area contributed by atoms with Crippen molar-refractivity contribution in [1.29, 1.82) is 5.41 Å². The van der Waals surface area contributed by atoms with Crippen molar-refractivity contribution in [3.05, 3.63) is 12.7 Å². The Balaban J connectivity index is 3.70. The van der Waals surface area contributed by atoms with Crippen molar-refractivity contribution in [2.45, 2.75) is 13.3 Å². The third kappa shape index (κ3) is 5.03. The molecule has 56 valence electrons. The van der Waals surface area contributed by atoms with E-state index in [9.17, 15) is 0 Å². The molecule has 0 aliphatic rings. The summed E-state index contributed by atoms with van der Waals surface area (Å²) in [6.07, 6.45) is 2.14. The first-order valence-corrected chi connectivity index (χ1v) is 3.10. The minimum Gasteiger partial charge on any atom is -0.387 e. The lowest BCUT2D eigenvalue weighted by atomic mass is 10.3. The van der Waals surface area contributed by atoms with Gasteiger partial charge < -0.3 is 11.1 Å². The summed E-state index contributed by atoms with van der Waals surface area (Å²) < 4.78 is 0. The standard InChI is InChI=1S/C7H13N3/c1-3-4-10-7(9)5-6(2)8/h3,8H,1,4-5H2,2H3,(H2,9,10). The third-order valence-electron chi connectivity index (χ3n) is 0.870. The highest BCUT2D eigenvalue weighted by atomic mass is 14.8. The van der Waals surface area contributed by atoms with Crippen LogP contribution < -0.4 is 5.73 Å². The molecule has 0 aromatic rings. The van der Waals surface area contributed by atoms with Gasteiger partial charge in [0, 0.05) is 12.1 Å². The zero-order chi connectivity index (χ0) is 7.98. The molecule has 0 heterocycles. The van der Waals surface area contributed by atoms with Crippen LogP contribution in [0, 0.1) is 5.41 Å². The highest BCUT2D eigenvalue weighted by Gasteiger charge is 1.91. The van der Waals surface area contributed by atoms with Gasteiger partial charge in [-0.1, -0.05) is 6.08 Å². The van der Waals surface area contributed by atoms with E-state index in [1.54, 1.807) is 13.0 Å². The molecule has 0 bridgehead atoms. The Morgan fingerprint density at radius 1 is 1.80 bits per heavy atom. The van der Waals surface area contributed by atoms with Gasteiger partial charge >= 0.3 is 0 Å². The van der Waals surface area contributed by atoms with Gasteiger partial charge in [0.25, 0.3) is 0 Å². The first-order valence-electron chi connectivity index (χ1n) is 3.10. The zero-order valence-electron chi connectivity index (χ0n) is 6.22. The van der Waals surface area contributed by atoms with Gasteiger partial charge in [0.2, 0.25) is 0 Å². The van der Waals surface area contributed by atoms with Crippen LogP contribution in [0.25, 0.3) is 0 Å². The Morgan fingerprint density at radius 2 is 2.40 bits per heavy atom. The van der Waals surface area contributed by atoms with Crippen LogP contribution in [0.1, 0.15) is 13.3 Å². The molecule has 0 unspecified atom stereocenters. The number of aliphatic imine (C=N–C) groups is 1. The summed E-state index contributed by atoms with van der Waals surface area (Å²) in [6, 6.07) is 0. The Labute approximate surface area is 61.2 Å². The van der Waals surface area contributed by atoms with Crippen LogP contribution in [-0.4, -0.2) is 18.1 Å². The first kappa shape index (κ1) is 8.88. The van der Waals surface area contributed by atoms with Gasteiger partial charge in [0.1, 0.15) is 0 Å². The molecule has 0 aromatic heterocycles. The summed E-state index contributed by atoms with van der Waals surface area (Å²) in [5, 5.41) is 7.07. The fraction of sp³-hybridized carbons (Fsp3) is 0.429. The SMILES string of the molecule is C=CCN=C(N)CC(C)=N. The molecule has 3 N–H and O–H groups in total. The summed E-state index contributed by atoms with van der Waals surface area (Å²) in [5.41, 5.74) is 5.95. The van der Waals surface area contributed by atoms with Gasteiger partial charge in [0.05, 0.1) is 12.4 Å². The van der Waals surface area contributed by atoms with Gasteiger partial charge in [-0.05, 0) is 6.92 Å². The minimum atomic E-state index is 0.466. The molecule has 0 fully saturated rings. The summed E-state index contributed by atoms with van der Waals surface area (Å²) in [7, 11) is 0. The summed E-state index contributed by atoms with van der Waals surface area (Å²) >= 11 is 0. The molecule has 0 saturated heterocycles. The van der Waals surface area contributed by atoms with Crippen LogP contribution in [0.2, 0.25) is 0 Å².